The summed E-state index contributed by atoms with van der Waals surface area (Å²) in [5.41, 5.74) is 3.60. The fourth-order valence-corrected chi connectivity index (χ4v) is 4.87. The van der Waals surface area contributed by atoms with E-state index in [1.165, 1.54) is 11.3 Å². The highest BCUT2D eigenvalue weighted by molar-refractivity contribution is 7.15. The van der Waals surface area contributed by atoms with Crippen LogP contribution in [0.2, 0.25) is 0 Å². The maximum atomic E-state index is 13.6. The molecule has 0 fully saturated rings. The van der Waals surface area contributed by atoms with Gasteiger partial charge in [0.1, 0.15) is 22.0 Å². The quantitative estimate of drug-likeness (QED) is 0.265. The Hall–Kier alpha value is -4.23. The molecule has 1 N–H and O–H groups in total. The van der Waals surface area contributed by atoms with Crippen LogP contribution in [0.1, 0.15) is 33.4 Å². The van der Waals surface area contributed by atoms with E-state index >= 15 is 0 Å². The van der Waals surface area contributed by atoms with E-state index in [-0.39, 0.29) is 12.5 Å². The number of furan rings is 1. The van der Waals surface area contributed by atoms with Gasteiger partial charge in [-0.3, -0.25) is 4.79 Å². The number of nitrogens with zero attached hydrogens (tertiary/aromatic N) is 1. The molecule has 0 bridgehead atoms. The van der Waals surface area contributed by atoms with Gasteiger partial charge < -0.3 is 14.5 Å². The number of nitrogens with one attached hydrogen (secondary N) is 1. The Morgan fingerprint density at radius 3 is 2.54 bits per heavy atom. The Balaban J connectivity index is 1.58. The molecule has 0 aliphatic carbocycles. The van der Waals surface area contributed by atoms with E-state index in [9.17, 15) is 9.59 Å². The van der Waals surface area contributed by atoms with Gasteiger partial charge in [-0.25, -0.2) is 9.78 Å². The molecule has 0 atom stereocenters. The number of benzene rings is 2. The molecule has 0 unspecified atom stereocenters. The highest BCUT2D eigenvalue weighted by Crippen LogP contribution is 2.37. The Kier molecular flexibility index (Phi) is 6.16. The number of amides is 1. The van der Waals surface area contributed by atoms with Gasteiger partial charge in [-0.2, -0.15) is 0 Å². The first-order valence-electron chi connectivity index (χ1n) is 11.2. The fraction of sp³-hybridized carbons (Fsp3) is 0.107. The number of fused-ring (bicyclic) bond motifs is 1. The largest absolute Gasteiger partial charge is 0.462 e. The lowest BCUT2D eigenvalue weighted by atomic mass is 10.0. The normalized spacial score (nSPS) is 10.9. The predicted octanol–water partition coefficient (Wildman–Crippen LogP) is 6.96. The molecule has 5 rings (SSSR count). The third-order valence-electron chi connectivity index (χ3n) is 5.54. The number of ether oxygens (including phenoxy) is 1. The molecule has 7 heteroatoms. The summed E-state index contributed by atoms with van der Waals surface area (Å²) < 4.78 is 11.1. The maximum Gasteiger partial charge on any atom is 0.341 e. The van der Waals surface area contributed by atoms with Crippen molar-refractivity contribution in [3.63, 3.8) is 0 Å². The summed E-state index contributed by atoms with van der Waals surface area (Å²) in [5.74, 6) is 0.512. The minimum Gasteiger partial charge on any atom is -0.462 e. The summed E-state index contributed by atoms with van der Waals surface area (Å²) in [5, 5.41) is 5.95. The predicted molar refractivity (Wildman–Crippen MR) is 138 cm³/mol. The van der Waals surface area contributed by atoms with Crippen LogP contribution in [0.25, 0.3) is 33.5 Å². The molecule has 174 valence electrons. The number of hydrogen-bond donors (Lipinski definition) is 1. The van der Waals surface area contributed by atoms with Gasteiger partial charge in [0.25, 0.3) is 5.91 Å². The number of carbonyl (C=O) groups excluding carboxylic acids is 2. The minimum atomic E-state index is -0.478. The average molecular weight is 483 g/mol. The molecule has 0 radical (unpaired) electrons. The maximum absolute atomic E-state index is 13.6. The highest BCUT2D eigenvalue weighted by atomic mass is 32.1. The molecule has 0 saturated heterocycles. The van der Waals surface area contributed by atoms with E-state index in [0.717, 1.165) is 16.9 Å². The van der Waals surface area contributed by atoms with Crippen LogP contribution < -0.4 is 5.32 Å². The van der Waals surface area contributed by atoms with Crippen molar-refractivity contribution in [2.45, 2.75) is 13.8 Å². The topological polar surface area (TPSA) is 81.4 Å². The van der Waals surface area contributed by atoms with E-state index < -0.39 is 5.97 Å². The first-order valence-corrected chi connectivity index (χ1v) is 12.0. The zero-order valence-corrected chi connectivity index (χ0v) is 20.0. The number of pyridine rings is 1. The van der Waals surface area contributed by atoms with Gasteiger partial charge in [0, 0.05) is 16.3 Å². The van der Waals surface area contributed by atoms with Crippen LogP contribution in [0.15, 0.2) is 82.6 Å². The second-order valence-electron chi connectivity index (χ2n) is 7.88. The van der Waals surface area contributed by atoms with Crippen molar-refractivity contribution >= 4 is 39.1 Å². The standard InChI is InChI=1S/C28H22N2O4S/c1-3-33-28(32)25-21(18-9-5-4-6-10-18)16-35-27(25)30-26(31)20-15-23(24-14-13-17(2)34-24)29-22-12-8-7-11-19(20)22/h4-16H,3H2,1-2H3,(H,30,31). The molecular weight excluding hydrogens is 460 g/mol. The van der Waals surface area contributed by atoms with Gasteiger partial charge >= 0.3 is 5.97 Å². The third kappa shape index (κ3) is 4.46. The third-order valence-corrected chi connectivity index (χ3v) is 6.43. The van der Waals surface area contributed by atoms with Gasteiger partial charge in [-0.05, 0) is 43.7 Å². The number of carbonyl (C=O) groups is 2. The van der Waals surface area contributed by atoms with E-state index in [0.29, 0.717) is 38.5 Å². The van der Waals surface area contributed by atoms with Crippen LogP contribution in [-0.4, -0.2) is 23.5 Å². The van der Waals surface area contributed by atoms with Crippen molar-refractivity contribution in [3.05, 3.63) is 95.1 Å². The van der Waals surface area contributed by atoms with Crippen LogP contribution in [0, 0.1) is 6.92 Å². The number of aryl methyl sites for hydroxylation is 1. The minimum absolute atomic E-state index is 0.233. The zero-order valence-electron chi connectivity index (χ0n) is 19.2. The van der Waals surface area contributed by atoms with Crippen molar-refractivity contribution in [3.8, 4) is 22.6 Å². The number of para-hydroxylation sites is 1. The number of anilines is 1. The lowest BCUT2D eigenvalue weighted by molar-refractivity contribution is 0.0529. The Morgan fingerprint density at radius 1 is 1.03 bits per heavy atom. The van der Waals surface area contributed by atoms with Crippen LogP contribution >= 0.6 is 11.3 Å². The highest BCUT2D eigenvalue weighted by Gasteiger charge is 2.24. The van der Waals surface area contributed by atoms with Crippen LogP contribution in [-0.2, 0) is 4.74 Å². The molecule has 0 aliphatic heterocycles. The number of aromatic nitrogens is 1. The van der Waals surface area contributed by atoms with Gasteiger partial charge in [-0.1, -0.05) is 48.5 Å². The molecule has 1 amide bonds. The fourth-order valence-electron chi connectivity index (χ4n) is 3.92. The van der Waals surface area contributed by atoms with E-state index in [1.807, 2.05) is 79.0 Å². The summed E-state index contributed by atoms with van der Waals surface area (Å²) in [4.78, 5) is 31.2. The molecule has 0 aliphatic rings. The molecule has 5 aromatic rings. The van der Waals surface area contributed by atoms with Gasteiger partial charge in [0.2, 0.25) is 0 Å². The molecule has 35 heavy (non-hydrogen) atoms. The van der Waals surface area contributed by atoms with Crippen LogP contribution in [0.3, 0.4) is 0 Å². The number of rotatable bonds is 6. The van der Waals surface area contributed by atoms with Crippen LogP contribution in [0.5, 0.6) is 0 Å². The monoisotopic (exact) mass is 482 g/mol. The van der Waals surface area contributed by atoms with Crippen molar-refractivity contribution in [2.24, 2.45) is 0 Å². The molecule has 0 saturated carbocycles. The molecule has 6 nitrogen and oxygen atoms in total. The SMILES string of the molecule is CCOC(=O)c1c(-c2ccccc2)csc1NC(=O)c1cc(-c2ccc(C)o2)nc2ccccc12. The van der Waals surface area contributed by atoms with Crippen molar-refractivity contribution in [2.75, 3.05) is 11.9 Å². The van der Waals surface area contributed by atoms with Crippen LogP contribution in [0.4, 0.5) is 5.00 Å². The smallest absolute Gasteiger partial charge is 0.341 e. The second kappa shape index (κ2) is 9.56. The van der Waals surface area contributed by atoms with E-state index in [4.69, 9.17) is 9.15 Å². The number of esters is 1. The number of hydrogen-bond acceptors (Lipinski definition) is 6. The molecule has 3 aromatic heterocycles. The summed E-state index contributed by atoms with van der Waals surface area (Å²) >= 11 is 1.29. The number of thiophene rings is 1. The Morgan fingerprint density at radius 2 is 1.80 bits per heavy atom. The molecule has 3 heterocycles. The van der Waals surface area contributed by atoms with Gasteiger partial charge in [0.05, 0.1) is 17.7 Å². The lowest BCUT2D eigenvalue weighted by Crippen LogP contribution is -2.15. The van der Waals surface area contributed by atoms with Gasteiger partial charge in [-0.15, -0.1) is 11.3 Å². The summed E-state index contributed by atoms with van der Waals surface area (Å²) in [6, 6.07) is 22.4. The molecular formula is C28H22N2O4S. The van der Waals surface area contributed by atoms with E-state index in [1.54, 1.807) is 13.0 Å². The van der Waals surface area contributed by atoms with Crippen molar-refractivity contribution in [1.82, 2.24) is 4.98 Å². The Labute approximate surface area is 206 Å². The first kappa shape index (κ1) is 22.6. The summed E-state index contributed by atoms with van der Waals surface area (Å²) in [7, 11) is 0. The molecule has 2 aromatic carbocycles. The average Bonchev–Trinajstić information content (AvgIpc) is 3.50. The summed E-state index contributed by atoms with van der Waals surface area (Å²) in [6.07, 6.45) is 0. The Bertz CT molecular complexity index is 1540. The first-order chi connectivity index (χ1) is 17.0. The summed E-state index contributed by atoms with van der Waals surface area (Å²) in [6.45, 7) is 3.85. The lowest BCUT2D eigenvalue weighted by Gasteiger charge is -2.11. The van der Waals surface area contributed by atoms with Crippen molar-refractivity contribution in [1.29, 1.82) is 0 Å². The van der Waals surface area contributed by atoms with Gasteiger partial charge in [0.15, 0.2) is 5.76 Å². The molecule has 0 spiro atoms. The van der Waals surface area contributed by atoms with E-state index in [2.05, 4.69) is 10.3 Å². The zero-order chi connectivity index (χ0) is 24.4. The second-order valence-corrected chi connectivity index (χ2v) is 8.76. The van der Waals surface area contributed by atoms with Crippen molar-refractivity contribution < 1.29 is 18.7 Å².